The first-order chi connectivity index (χ1) is 10.1. The lowest BCUT2D eigenvalue weighted by Crippen LogP contribution is -2.02. The third kappa shape index (κ3) is 4.17. The minimum absolute atomic E-state index is 0.0255. The predicted octanol–water partition coefficient (Wildman–Crippen LogP) is 2.75. The molecule has 1 aromatic carbocycles. The second-order valence-corrected chi connectivity index (χ2v) is 4.57. The maximum Gasteiger partial charge on any atom is 0.331 e. The molecule has 1 aromatic heterocycles. The van der Waals surface area contributed by atoms with Gasteiger partial charge in [0.1, 0.15) is 5.75 Å². The van der Waals surface area contributed by atoms with Gasteiger partial charge in [-0.25, -0.2) is 4.79 Å². The summed E-state index contributed by atoms with van der Waals surface area (Å²) in [6, 6.07) is 7.22. The first kappa shape index (κ1) is 14.8. The van der Waals surface area contributed by atoms with Gasteiger partial charge in [-0.05, 0) is 38.1 Å². The van der Waals surface area contributed by atoms with Crippen LogP contribution in [-0.2, 0) is 16.1 Å². The van der Waals surface area contributed by atoms with Gasteiger partial charge in [-0.15, -0.1) is 0 Å². The minimum atomic E-state index is -0.425. The van der Waals surface area contributed by atoms with Gasteiger partial charge in [-0.2, -0.15) is 4.98 Å². The van der Waals surface area contributed by atoms with Gasteiger partial charge in [-0.1, -0.05) is 10.7 Å². The van der Waals surface area contributed by atoms with E-state index < -0.39 is 5.97 Å². The van der Waals surface area contributed by atoms with E-state index in [1.54, 1.807) is 19.2 Å². The second kappa shape index (κ2) is 6.69. The Morgan fingerprint density at radius 2 is 2.00 bits per heavy atom. The Morgan fingerprint density at radius 1 is 1.29 bits per heavy atom. The number of carbonyl (C=O) groups is 1. The van der Waals surface area contributed by atoms with Gasteiger partial charge < -0.3 is 14.0 Å². The Hall–Kier alpha value is -2.63. The summed E-state index contributed by atoms with van der Waals surface area (Å²) in [6.45, 7) is 3.61. The standard InChI is InChI=1S/C15H16N2O4/c1-10(2)8-14(18)20-9-13-16-15(21-17-13)11-4-6-12(19-3)7-5-11/h4-8H,9H2,1-3H3. The number of esters is 1. The Bertz CT molecular complexity index is 640. The van der Waals surface area contributed by atoms with Gasteiger partial charge in [0.25, 0.3) is 5.89 Å². The maximum atomic E-state index is 11.4. The SMILES string of the molecule is COc1ccc(-c2nc(COC(=O)C=C(C)C)no2)cc1. The van der Waals surface area contributed by atoms with Crippen LogP contribution in [0.1, 0.15) is 19.7 Å². The summed E-state index contributed by atoms with van der Waals surface area (Å²) in [4.78, 5) is 15.5. The fourth-order valence-electron chi connectivity index (χ4n) is 1.58. The highest BCUT2D eigenvalue weighted by Gasteiger charge is 2.10. The summed E-state index contributed by atoms with van der Waals surface area (Å²) in [7, 11) is 1.60. The van der Waals surface area contributed by atoms with Crippen LogP contribution in [0.5, 0.6) is 5.75 Å². The monoisotopic (exact) mass is 288 g/mol. The van der Waals surface area contributed by atoms with Gasteiger partial charge >= 0.3 is 5.97 Å². The van der Waals surface area contributed by atoms with E-state index in [2.05, 4.69) is 10.1 Å². The average molecular weight is 288 g/mol. The van der Waals surface area contributed by atoms with E-state index >= 15 is 0 Å². The normalized spacial score (nSPS) is 10.0. The summed E-state index contributed by atoms with van der Waals surface area (Å²) < 4.78 is 15.2. The van der Waals surface area contributed by atoms with Gasteiger partial charge in [-0.3, -0.25) is 0 Å². The molecule has 0 N–H and O–H groups in total. The van der Waals surface area contributed by atoms with Crippen LogP contribution in [0, 0.1) is 0 Å². The molecular weight excluding hydrogens is 272 g/mol. The molecule has 6 heteroatoms. The number of methoxy groups -OCH3 is 1. The van der Waals surface area contributed by atoms with Crippen LogP contribution >= 0.6 is 0 Å². The fraction of sp³-hybridized carbons (Fsp3) is 0.267. The van der Waals surface area contributed by atoms with Crippen LogP contribution in [0.2, 0.25) is 0 Å². The van der Waals surface area contributed by atoms with Crippen molar-refractivity contribution in [1.82, 2.24) is 10.1 Å². The van der Waals surface area contributed by atoms with E-state index in [0.717, 1.165) is 16.9 Å². The molecule has 0 fully saturated rings. The van der Waals surface area contributed by atoms with E-state index in [-0.39, 0.29) is 6.61 Å². The van der Waals surface area contributed by atoms with Crippen LogP contribution in [-0.4, -0.2) is 23.2 Å². The molecule has 110 valence electrons. The number of benzene rings is 1. The minimum Gasteiger partial charge on any atom is -0.497 e. The zero-order valence-electron chi connectivity index (χ0n) is 12.1. The second-order valence-electron chi connectivity index (χ2n) is 4.57. The fourth-order valence-corrected chi connectivity index (χ4v) is 1.58. The van der Waals surface area contributed by atoms with E-state index in [9.17, 15) is 4.79 Å². The third-order valence-electron chi connectivity index (χ3n) is 2.56. The lowest BCUT2D eigenvalue weighted by atomic mass is 10.2. The van der Waals surface area contributed by atoms with Crippen LogP contribution in [0.15, 0.2) is 40.4 Å². The zero-order chi connectivity index (χ0) is 15.2. The molecule has 0 aliphatic carbocycles. The molecule has 2 rings (SSSR count). The van der Waals surface area contributed by atoms with Crippen molar-refractivity contribution < 1.29 is 18.8 Å². The number of aromatic nitrogens is 2. The van der Waals surface area contributed by atoms with Crippen LogP contribution in [0.4, 0.5) is 0 Å². The van der Waals surface area contributed by atoms with E-state index in [1.165, 1.54) is 6.08 Å². The predicted molar refractivity (Wildman–Crippen MR) is 75.5 cm³/mol. The van der Waals surface area contributed by atoms with E-state index in [1.807, 2.05) is 26.0 Å². The highest BCUT2D eigenvalue weighted by molar-refractivity contribution is 5.82. The number of hydrogen-bond donors (Lipinski definition) is 0. The Morgan fingerprint density at radius 3 is 2.62 bits per heavy atom. The number of nitrogens with zero attached hydrogens (tertiary/aromatic N) is 2. The molecule has 0 bridgehead atoms. The number of carbonyl (C=O) groups excluding carboxylic acids is 1. The molecular formula is C15H16N2O4. The number of allylic oxidation sites excluding steroid dienone is 1. The van der Waals surface area contributed by atoms with E-state index in [4.69, 9.17) is 14.0 Å². The van der Waals surface area contributed by atoms with Crippen molar-refractivity contribution in [3.8, 4) is 17.2 Å². The number of rotatable bonds is 5. The first-order valence-electron chi connectivity index (χ1n) is 6.37. The van der Waals surface area contributed by atoms with Crippen LogP contribution in [0.25, 0.3) is 11.5 Å². The highest BCUT2D eigenvalue weighted by atomic mass is 16.5. The largest absolute Gasteiger partial charge is 0.497 e. The Kier molecular flexibility index (Phi) is 4.71. The van der Waals surface area contributed by atoms with Gasteiger partial charge in [0, 0.05) is 11.6 Å². The first-order valence-corrected chi connectivity index (χ1v) is 6.37. The van der Waals surface area contributed by atoms with Crippen LogP contribution < -0.4 is 4.74 Å². The van der Waals surface area contributed by atoms with Crippen molar-refractivity contribution >= 4 is 5.97 Å². The van der Waals surface area contributed by atoms with Crippen LogP contribution in [0.3, 0.4) is 0 Å². The summed E-state index contributed by atoms with van der Waals surface area (Å²) in [5.74, 6) is 1.00. The Balaban J connectivity index is 2.00. The smallest absolute Gasteiger partial charge is 0.331 e. The van der Waals surface area contributed by atoms with E-state index in [0.29, 0.717) is 11.7 Å². The Labute approximate surface area is 122 Å². The molecule has 0 saturated heterocycles. The molecule has 0 unspecified atom stereocenters. The van der Waals surface area contributed by atoms with Crippen molar-refractivity contribution in [2.24, 2.45) is 0 Å². The molecule has 0 spiro atoms. The topological polar surface area (TPSA) is 74.5 Å². The maximum absolute atomic E-state index is 11.4. The molecule has 0 aliphatic heterocycles. The van der Waals surface area contributed by atoms with Crippen molar-refractivity contribution in [1.29, 1.82) is 0 Å². The number of ether oxygens (including phenoxy) is 2. The van der Waals surface area contributed by atoms with Gasteiger partial charge in [0.2, 0.25) is 5.82 Å². The van der Waals surface area contributed by atoms with Crippen molar-refractivity contribution in [2.45, 2.75) is 20.5 Å². The summed E-state index contributed by atoms with van der Waals surface area (Å²) >= 11 is 0. The number of hydrogen-bond acceptors (Lipinski definition) is 6. The zero-order valence-corrected chi connectivity index (χ0v) is 12.1. The molecule has 0 amide bonds. The molecule has 0 atom stereocenters. The summed E-state index contributed by atoms with van der Waals surface area (Å²) in [6.07, 6.45) is 1.41. The molecule has 0 radical (unpaired) electrons. The van der Waals surface area contributed by atoms with Crippen molar-refractivity contribution in [3.63, 3.8) is 0 Å². The lowest BCUT2D eigenvalue weighted by molar-refractivity contribution is -0.139. The van der Waals surface area contributed by atoms with Gasteiger partial charge in [0.05, 0.1) is 7.11 Å². The molecule has 1 heterocycles. The molecule has 0 aliphatic rings. The highest BCUT2D eigenvalue weighted by Crippen LogP contribution is 2.20. The van der Waals surface area contributed by atoms with Crippen molar-refractivity contribution in [2.75, 3.05) is 7.11 Å². The molecule has 6 nitrogen and oxygen atoms in total. The lowest BCUT2D eigenvalue weighted by Gasteiger charge is -1.99. The van der Waals surface area contributed by atoms with Gasteiger partial charge in [0.15, 0.2) is 6.61 Å². The quantitative estimate of drug-likeness (QED) is 0.622. The van der Waals surface area contributed by atoms with Crippen molar-refractivity contribution in [3.05, 3.63) is 41.7 Å². The molecule has 2 aromatic rings. The summed E-state index contributed by atoms with van der Waals surface area (Å²) in [5.41, 5.74) is 1.64. The third-order valence-corrected chi connectivity index (χ3v) is 2.56. The summed E-state index contributed by atoms with van der Waals surface area (Å²) in [5, 5.41) is 3.77. The molecule has 0 saturated carbocycles. The average Bonchev–Trinajstić information content (AvgIpc) is 2.93. The molecule has 21 heavy (non-hydrogen) atoms.